The Bertz CT molecular complexity index is 1530. The number of aliphatic hydroxyl groups excluding tert-OH is 1. The number of ether oxygens (including phenoxy) is 2. The minimum atomic E-state index is 0.0355. The highest BCUT2D eigenvalue weighted by molar-refractivity contribution is 9.10. The summed E-state index contributed by atoms with van der Waals surface area (Å²) in [7, 11) is 0. The van der Waals surface area contributed by atoms with Crippen LogP contribution in [0.3, 0.4) is 0 Å². The van der Waals surface area contributed by atoms with Crippen LogP contribution in [-0.4, -0.2) is 28.6 Å². The number of fused-ring (bicyclic) bond motifs is 1. The minimum Gasteiger partial charge on any atom is -0.488 e. The van der Waals surface area contributed by atoms with Crippen molar-refractivity contribution >= 4 is 38.6 Å². The summed E-state index contributed by atoms with van der Waals surface area (Å²) in [5.41, 5.74) is 6.33. The number of rotatable bonds is 11. The number of aromatic nitrogens is 2. The largest absolute Gasteiger partial charge is 0.488 e. The summed E-state index contributed by atoms with van der Waals surface area (Å²) >= 11 is 10.4. The molecule has 0 radical (unpaired) electrons. The molecule has 0 saturated carbocycles. The van der Waals surface area contributed by atoms with E-state index in [0.717, 1.165) is 32.3 Å². The summed E-state index contributed by atoms with van der Waals surface area (Å²) in [4.78, 5) is 0. The molecule has 38 heavy (non-hydrogen) atoms. The maximum atomic E-state index is 9.16. The lowest BCUT2D eigenvalue weighted by Gasteiger charge is -2.17. The van der Waals surface area contributed by atoms with Gasteiger partial charge in [0.2, 0.25) is 0 Å². The molecule has 0 aliphatic rings. The van der Waals surface area contributed by atoms with E-state index in [9.17, 15) is 0 Å². The molecule has 1 heterocycles. The molecule has 0 unspecified atom stereocenters. The first-order valence-corrected chi connectivity index (χ1v) is 13.2. The van der Waals surface area contributed by atoms with Crippen LogP contribution in [0.25, 0.3) is 22.2 Å². The highest BCUT2D eigenvalue weighted by Crippen LogP contribution is 2.36. The van der Waals surface area contributed by atoms with Crippen molar-refractivity contribution in [2.75, 3.05) is 13.2 Å². The number of nitrogens with zero attached hydrogens (tertiary/aromatic N) is 2. The van der Waals surface area contributed by atoms with Crippen LogP contribution in [0.4, 0.5) is 0 Å². The van der Waals surface area contributed by atoms with Crippen LogP contribution in [0.1, 0.15) is 16.7 Å². The molecule has 0 amide bonds. The highest BCUT2D eigenvalue weighted by atomic mass is 79.9. The number of aliphatic hydroxyl groups is 1. The van der Waals surface area contributed by atoms with Crippen molar-refractivity contribution in [3.8, 4) is 22.6 Å². The smallest absolute Gasteiger partial charge is 0.142 e. The van der Waals surface area contributed by atoms with E-state index < -0.39 is 0 Å². The number of nitrogens with one attached hydrogen (secondary N) is 1. The lowest BCUT2D eigenvalue weighted by atomic mass is 10.0. The van der Waals surface area contributed by atoms with Crippen LogP contribution >= 0.6 is 27.5 Å². The number of halogens is 2. The van der Waals surface area contributed by atoms with E-state index in [-0.39, 0.29) is 6.61 Å². The van der Waals surface area contributed by atoms with Gasteiger partial charge in [-0.1, -0.05) is 66.2 Å². The average Bonchev–Trinajstić information content (AvgIpc) is 3.41. The SMILES string of the molecule is OCCNCc1cc(Cl)c(OCc2cccc(-c3ccccc3)c2Br)cc1OCc1ccc2nonc2c1. The van der Waals surface area contributed by atoms with Crippen LogP contribution in [0.2, 0.25) is 5.02 Å². The van der Waals surface area contributed by atoms with Gasteiger partial charge < -0.3 is 19.9 Å². The van der Waals surface area contributed by atoms with Crippen molar-refractivity contribution in [3.05, 3.63) is 105 Å². The topological polar surface area (TPSA) is 89.6 Å². The van der Waals surface area contributed by atoms with E-state index in [0.29, 0.717) is 53.9 Å². The second kappa shape index (κ2) is 12.4. The summed E-state index contributed by atoms with van der Waals surface area (Å²) in [5.74, 6) is 1.14. The molecule has 7 nitrogen and oxygen atoms in total. The highest BCUT2D eigenvalue weighted by Gasteiger charge is 2.14. The van der Waals surface area contributed by atoms with Gasteiger partial charge in [0.25, 0.3) is 0 Å². The Morgan fingerprint density at radius 3 is 2.50 bits per heavy atom. The second-order valence-electron chi connectivity index (χ2n) is 8.60. The van der Waals surface area contributed by atoms with Crippen molar-refractivity contribution in [2.45, 2.75) is 19.8 Å². The third-order valence-electron chi connectivity index (χ3n) is 5.98. The monoisotopic (exact) mass is 593 g/mol. The summed E-state index contributed by atoms with van der Waals surface area (Å²) in [6, 6.07) is 25.6. The van der Waals surface area contributed by atoms with E-state index in [1.165, 1.54) is 0 Å². The molecular formula is C29H25BrClN3O4. The fourth-order valence-corrected chi connectivity index (χ4v) is 4.88. The first kappa shape index (κ1) is 26.2. The minimum absolute atomic E-state index is 0.0355. The molecule has 1 aromatic heterocycles. The molecule has 0 spiro atoms. The molecule has 5 aromatic rings. The first-order chi connectivity index (χ1) is 18.6. The Morgan fingerprint density at radius 1 is 0.842 bits per heavy atom. The van der Waals surface area contributed by atoms with Gasteiger partial charge in [-0.15, -0.1) is 0 Å². The maximum absolute atomic E-state index is 9.16. The summed E-state index contributed by atoms with van der Waals surface area (Å²) in [6.07, 6.45) is 0. The van der Waals surface area contributed by atoms with Gasteiger partial charge in [0.1, 0.15) is 35.7 Å². The summed E-state index contributed by atoms with van der Waals surface area (Å²) in [6.45, 7) is 1.59. The van der Waals surface area contributed by atoms with Crippen molar-refractivity contribution in [2.24, 2.45) is 0 Å². The Hall–Kier alpha value is -3.43. The van der Waals surface area contributed by atoms with Gasteiger partial charge in [-0.2, -0.15) is 0 Å². The Kier molecular flexibility index (Phi) is 8.55. The molecule has 2 N–H and O–H groups in total. The zero-order valence-electron chi connectivity index (χ0n) is 20.4. The van der Waals surface area contributed by atoms with Crippen LogP contribution in [0.5, 0.6) is 11.5 Å². The molecule has 0 fully saturated rings. The lowest BCUT2D eigenvalue weighted by molar-refractivity contribution is 0.282. The second-order valence-corrected chi connectivity index (χ2v) is 9.80. The van der Waals surface area contributed by atoms with Crippen molar-refractivity contribution in [1.29, 1.82) is 0 Å². The molecule has 4 aromatic carbocycles. The Labute approximate surface area is 233 Å². The van der Waals surface area contributed by atoms with Gasteiger partial charge in [0, 0.05) is 34.8 Å². The third-order valence-corrected chi connectivity index (χ3v) is 7.21. The Morgan fingerprint density at radius 2 is 1.66 bits per heavy atom. The van der Waals surface area contributed by atoms with Crippen LogP contribution in [-0.2, 0) is 19.8 Å². The fourth-order valence-electron chi connectivity index (χ4n) is 4.03. The molecule has 9 heteroatoms. The van der Waals surface area contributed by atoms with E-state index >= 15 is 0 Å². The van der Waals surface area contributed by atoms with Crippen molar-refractivity contribution in [3.63, 3.8) is 0 Å². The quantitative estimate of drug-likeness (QED) is 0.168. The fraction of sp³-hybridized carbons (Fsp3) is 0.172. The van der Waals surface area contributed by atoms with Gasteiger partial charge in [0.15, 0.2) is 0 Å². The third kappa shape index (κ3) is 6.16. The predicted molar refractivity (Wildman–Crippen MR) is 150 cm³/mol. The average molecular weight is 595 g/mol. The zero-order valence-corrected chi connectivity index (χ0v) is 22.7. The van der Waals surface area contributed by atoms with Crippen LogP contribution in [0, 0.1) is 0 Å². The first-order valence-electron chi connectivity index (χ1n) is 12.1. The van der Waals surface area contributed by atoms with Gasteiger partial charge >= 0.3 is 0 Å². The number of benzene rings is 4. The molecule has 5 rings (SSSR count). The van der Waals surface area contributed by atoms with Crippen LogP contribution < -0.4 is 14.8 Å². The van der Waals surface area contributed by atoms with E-state index in [1.54, 1.807) is 0 Å². The summed E-state index contributed by atoms with van der Waals surface area (Å²) < 4.78 is 18.1. The molecule has 0 bridgehead atoms. The van der Waals surface area contributed by atoms with Crippen LogP contribution in [0.15, 0.2) is 88.0 Å². The molecule has 0 aliphatic heterocycles. The Balaban J connectivity index is 1.36. The predicted octanol–water partition coefficient (Wildman–Crippen LogP) is 6.55. The van der Waals surface area contributed by atoms with E-state index in [1.807, 2.05) is 60.7 Å². The van der Waals surface area contributed by atoms with Crippen molar-refractivity contribution < 1.29 is 19.2 Å². The van der Waals surface area contributed by atoms with Gasteiger partial charge in [0.05, 0.1) is 11.6 Å². The molecule has 0 atom stereocenters. The van der Waals surface area contributed by atoms with E-state index in [4.69, 9.17) is 30.8 Å². The van der Waals surface area contributed by atoms with Gasteiger partial charge in [-0.05, 0) is 61.1 Å². The normalized spacial score (nSPS) is 11.1. The standard InChI is InChI=1S/C29H25BrClN3O4/c30-29-21(7-4-8-23(29)20-5-2-1-3-6-20)18-37-28-15-27(22(14-24(28)31)16-32-11-12-35)36-17-19-9-10-25-26(13-19)34-38-33-25/h1-10,13-15,32,35H,11-12,16-18H2. The van der Waals surface area contributed by atoms with Crippen molar-refractivity contribution in [1.82, 2.24) is 15.6 Å². The lowest BCUT2D eigenvalue weighted by Crippen LogP contribution is -2.18. The van der Waals surface area contributed by atoms with E-state index in [2.05, 4.69) is 49.8 Å². The molecule has 0 aliphatic carbocycles. The number of hydrogen-bond donors (Lipinski definition) is 2. The van der Waals surface area contributed by atoms with Gasteiger partial charge in [-0.3, -0.25) is 0 Å². The number of hydrogen-bond acceptors (Lipinski definition) is 7. The van der Waals surface area contributed by atoms with Gasteiger partial charge in [-0.25, -0.2) is 4.63 Å². The molecular weight excluding hydrogens is 570 g/mol. The molecule has 0 saturated heterocycles. The summed E-state index contributed by atoms with van der Waals surface area (Å²) in [5, 5.41) is 20.6. The zero-order chi connectivity index (χ0) is 26.3. The molecule has 194 valence electrons. The maximum Gasteiger partial charge on any atom is 0.142 e.